The van der Waals surface area contributed by atoms with E-state index in [9.17, 15) is 6.85 Å². The fourth-order valence-corrected chi connectivity index (χ4v) is 7.68. The largest absolute Gasteiger partial charge is 0.455 e. The number of fused-ring (bicyclic) bond motifs is 9. The Morgan fingerprint density at radius 3 is 1.65 bits per heavy atom. The molecule has 0 radical (unpaired) electrons. The van der Waals surface area contributed by atoms with Crippen LogP contribution >= 0.6 is 0 Å². The maximum Gasteiger partial charge on any atom is 0.143 e. The van der Waals surface area contributed by atoms with Gasteiger partial charge in [0.05, 0.1) is 20.6 Å². The van der Waals surface area contributed by atoms with E-state index in [2.05, 4.69) is 0 Å². The molecule has 11 aromatic rings. The van der Waals surface area contributed by atoms with Gasteiger partial charge in [0.2, 0.25) is 0 Å². The van der Waals surface area contributed by atoms with Crippen LogP contribution in [0.15, 0.2) is 186 Å². The normalized spacial score (nSPS) is 16.0. The van der Waals surface area contributed by atoms with Gasteiger partial charge in [0.25, 0.3) is 0 Å². The summed E-state index contributed by atoms with van der Waals surface area (Å²) in [5.74, 6) is 0. The Bertz CT molecular complexity index is 3970. The lowest BCUT2D eigenvalue weighted by Crippen LogP contribution is -1.94. The van der Waals surface area contributed by atoms with E-state index in [4.69, 9.17) is 18.1 Å². The zero-order valence-corrected chi connectivity index (χ0v) is 26.6. The lowest BCUT2D eigenvalue weighted by atomic mass is 9.81. The highest BCUT2D eigenvalue weighted by Gasteiger charge is 2.23. The van der Waals surface area contributed by atoms with Gasteiger partial charge in [0, 0.05) is 21.9 Å². The quantitative estimate of drug-likeness (QED) is 0.172. The van der Waals surface area contributed by atoms with Crippen molar-refractivity contribution >= 4 is 75.8 Å². The Morgan fingerprint density at radius 1 is 0.333 bits per heavy atom. The van der Waals surface area contributed by atoms with Crippen molar-refractivity contribution in [3.8, 4) is 33.4 Å². The molecule has 1 aromatic heterocycles. The van der Waals surface area contributed by atoms with Crippen LogP contribution in [0, 0.1) is 0 Å². The van der Waals surface area contributed by atoms with Crippen molar-refractivity contribution in [3.63, 3.8) is 0 Å². The highest BCUT2D eigenvalue weighted by atomic mass is 16.3. The summed E-state index contributed by atoms with van der Waals surface area (Å²) in [6, 6.07) is 18.2. The topological polar surface area (TPSA) is 13.1 Å². The van der Waals surface area contributed by atoms with Crippen molar-refractivity contribution in [3.05, 3.63) is 182 Å². The van der Waals surface area contributed by atoms with E-state index in [1.165, 1.54) is 0 Å². The van der Waals surface area contributed by atoms with Gasteiger partial charge in [0.15, 0.2) is 0 Å². The van der Waals surface area contributed by atoms with E-state index in [0.29, 0.717) is 33.2 Å². The van der Waals surface area contributed by atoms with Gasteiger partial charge in [-0.05, 0) is 82.2 Å². The third-order valence-electron chi connectivity index (χ3n) is 9.79. The molecule has 1 heterocycles. The predicted octanol–water partition coefficient (Wildman–Crippen LogP) is 14.4. The van der Waals surface area contributed by atoms with Crippen molar-refractivity contribution in [2.45, 2.75) is 0 Å². The van der Waals surface area contributed by atoms with Crippen molar-refractivity contribution in [2.24, 2.45) is 0 Å². The Kier molecular flexibility index (Phi) is 3.70. The van der Waals surface area contributed by atoms with Crippen LogP contribution in [0.1, 0.15) is 20.6 Å². The molecule has 0 N–H and O–H groups in total. The van der Waals surface area contributed by atoms with Gasteiger partial charge in [-0.2, -0.15) is 0 Å². The van der Waals surface area contributed by atoms with Crippen LogP contribution in [-0.4, -0.2) is 0 Å². The van der Waals surface area contributed by atoms with Gasteiger partial charge >= 0.3 is 0 Å². The predicted molar refractivity (Wildman–Crippen MR) is 218 cm³/mol. The number of rotatable bonds is 3. The zero-order valence-electron chi connectivity index (χ0n) is 41.6. The first kappa shape index (κ1) is 17.3. The molecule has 0 atom stereocenters. The lowest BCUT2D eigenvalue weighted by molar-refractivity contribution is 0.670. The minimum Gasteiger partial charge on any atom is -0.455 e. The van der Waals surface area contributed by atoms with E-state index >= 15 is 0 Å². The highest BCUT2D eigenvalue weighted by Crippen LogP contribution is 2.50. The molecule has 0 saturated carbocycles. The minimum atomic E-state index is -0.766. The van der Waals surface area contributed by atoms with E-state index in [1.807, 2.05) is 84.9 Å². The van der Waals surface area contributed by atoms with Crippen LogP contribution in [0.4, 0.5) is 0 Å². The van der Waals surface area contributed by atoms with E-state index < -0.39 is 107 Å². The van der Waals surface area contributed by atoms with Crippen LogP contribution in [0.5, 0.6) is 0 Å². The maximum atomic E-state index is 9.68. The van der Waals surface area contributed by atoms with Crippen molar-refractivity contribution in [1.29, 1.82) is 0 Å². The molecule has 0 fully saturated rings. The third kappa shape index (κ3) is 4.09. The molecule has 0 aliphatic rings. The number of para-hydroxylation sites is 1. The molecule has 0 aliphatic heterocycles. The van der Waals surface area contributed by atoms with Gasteiger partial charge in [-0.1, -0.05) is 176 Å². The van der Waals surface area contributed by atoms with Gasteiger partial charge in [-0.3, -0.25) is 0 Å². The lowest BCUT2D eigenvalue weighted by Gasteiger charge is -2.21. The molecule has 0 amide bonds. The van der Waals surface area contributed by atoms with Crippen LogP contribution in [-0.2, 0) is 0 Å². The van der Waals surface area contributed by atoms with Crippen molar-refractivity contribution in [2.75, 3.05) is 0 Å². The monoisotopic (exact) mass is 661 g/mol. The molecule has 1 heteroatoms. The first-order chi connectivity index (χ1) is 31.6. The molecule has 51 heavy (non-hydrogen) atoms. The molecule has 11 rings (SSSR count). The fraction of sp³-hybridized carbons (Fsp3) is 0. The van der Waals surface area contributed by atoms with Gasteiger partial charge in [-0.15, -0.1) is 0 Å². The summed E-state index contributed by atoms with van der Waals surface area (Å²) in [4.78, 5) is 0. The fourth-order valence-electron chi connectivity index (χ4n) is 7.68. The van der Waals surface area contributed by atoms with Gasteiger partial charge < -0.3 is 4.42 Å². The molecule has 0 bridgehead atoms. The molecule has 236 valence electrons. The molecule has 0 saturated heterocycles. The second-order valence-corrected chi connectivity index (χ2v) is 12.4. The third-order valence-corrected chi connectivity index (χ3v) is 9.79. The molecule has 0 aliphatic carbocycles. The molecule has 0 unspecified atom stereocenters. The Hall–Kier alpha value is -6.70. The van der Waals surface area contributed by atoms with E-state index in [-0.39, 0.29) is 32.7 Å². The molecular formula is C50H30O. The Morgan fingerprint density at radius 2 is 0.902 bits per heavy atom. The standard InChI is InChI=1S/C50H30O/c1-4-17-34-31(13-1)16-11-24-37(34)47-38-20-7-9-22-40(38)48(41-23-10-8-21-39(41)47)42-29-27-32-14-2-5-18-35(32)46(42)43-25-12-26-44-49-36-19-6-3-15-33(36)28-30-45(49)51-50(43)44/h1-30H/i1D,4D,7D,8D,9D,10D,11D,13D,16D,17D,20D,21D,22D,23D,24D. The number of benzene rings is 10. The Labute approximate surface area is 315 Å². The van der Waals surface area contributed by atoms with Crippen LogP contribution in [0.3, 0.4) is 0 Å². The van der Waals surface area contributed by atoms with E-state index in [1.54, 1.807) is 6.07 Å². The van der Waals surface area contributed by atoms with E-state index in [0.717, 1.165) is 26.9 Å². The van der Waals surface area contributed by atoms with Crippen molar-refractivity contribution < 1.29 is 25.0 Å². The summed E-state index contributed by atoms with van der Waals surface area (Å²) in [5, 5.41) is 3.18. The summed E-state index contributed by atoms with van der Waals surface area (Å²) in [7, 11) is 0. The second-order valence-electron chi connectivity index (χ2n) is 12.4. The summed E-state index contributed by atoms with van der Waals surface area (Å²) in [6.07, 6.45) is 0. The van der Waals surface area contributed by atoms with Crippen LogP contribution in [0.2, 0.25) is 0 Å². The van der Waals surface area contributed by atoms with Crippen LogP contribution in [0.25, 0.3) is 109 Å². The Balaban J connectivity index is 1.43. The number of hydrogen-bond donors (Lipinski definition) is 0. The molecule has 1 nitrogen and oxygen atoms in total. The minimum absolute atomic E-state index is 0.00279. The summed E-state index contributed by atoms with van der Waals surface area (Å²) in [6.45, 7) is 0. The maximum absolute atomic E-state index is 9.68. The average molecular weight is 662 g/mol. The first-order valence-electron chi connectivity index (χ1n) is 23.9. The zero-order chi connectivity index (χ0) is 46.5. The SMILES string of the molecule is [2H]c1c([2H])c([2H])c2c(-c3c4c([2H])c([2H])c([2H])c([2H])c4c(-c4ccc5ccccc5c4-c4cccc5c4oc4ccc6ccccc6c45)c4c([2H])c([2H])c([2H])c([2H])c34)c([2H])c([2H])c([2H])c2c1[2H]. The first-order valence-corrected chi connectivity index (χ1v) is 16.4. The average Bonchev–Trinajstić information content (AvgIpc) is 3.73. The van der Waals surface area contributed by atoms with Crippen molar-refractivity contribution in [1.82, 2.24) is 0 Å². The van der Waals surface area contributed by atoms with Gasteiger partial charge in [-0.25, -0.2) is 0 Å². The summed E-state index contributed by atoms with van der Waals surface area (Å²) in [5.41, 5.74) is 1.69. The molecule has 0 spiro atoms. The van der Waals surface area contributed by atoms with Gasteiger partial charge in [0.1, 0.15) is 11.2 Å². The smallest absolute Gasteiger partial charge is 0.143 e. The number of hydrogen-bond acceptors (Lipinski definition) is 1. The summed E-state index contributed by atoms with van der Waals surface area (Å²) >= 11 is 0. The highest BCUT2D eigenvalue weighted by molar-refractivity contribution is 6.27. The second kappa shape index (κ2) is 10.9. The summed E-state index contributed by atoms with van der Waals surface area (Å²) < 4.78 is 144. The molecular weight excluding hydrogens is 617 g/mol. The van der Waals surface area contributed by atoms with Crippen LogP contribution < -0.4 is 0 Å². The number of furan rings is 1. The molecule has 10 aromatic carbocycles.